The molecular weight excluding hydrogens is 194 g/mol. The highest BCUT2D eigenvalue weighted by atomic mass is 15.3. The zero-order valence-electron chi connectivity index (χ0n) is 12.3. The molecule has 0 aromatic carbocycles. The van der Waals surface area contributed by atoms with E-state index in [4.69, 9.17) is 0 Å². The first-order chi connectivity index (χ1) is 7.24. The SMILES string of the molecule is CC[N+](C)(C)CCC1CC(C)CC(C)(C)C1. The third kappa shape index (κ3) is 4.45. The van der Waals surface area contributed by atoms with Crippen molar-refractivity contribution in [3.63, 3.8) is 0 Å². The predicted octanol–water partition coefficient (Wildman–Crippen LogP) is 3.94. The van der Waals surface area contributed by atoms with Crippen LogP contribution in [0.2, 0.25) is 0 Å². The fourth-order valence-electron chi connectivity index (χ4n) is 3.45. The van der Waals surface area contributed by atoms with E-state index in [1.807, 2.05) is 0 Å². The van der Waals surface area contributed by atoms with Gasteiger partial charge in [-0.15, -0.1) is 0 Å². The van der Waals surface area contributed by atoms with Crippen molar-refractivity contribution in [3.05, 3.63) is 0 Å². The lowest BCUT2D eigenvalue weighted by Crippen LogP contribution is -2.41. The summed E-state index contributed by atoms with van der Waals surface area (Å²) in [5, 5.41) is 0. The van der Waals surface area contributed by atoms with Crippen molar-refractivity contribution in [2.24, 2.45) is 17.3 Å². The van der Waals surface area contributed by atoms with Crippen LogP contribution < -0.4 is 0 Å². The van der Waals surface area contributed by atoms with Crippen LogP contribution in [0.3, 0.4) is 0 Å². The average molecular weight is 226 g/mol. The van der Waals surface area contributed by atoms with Crippen LogP contribution in [-0.2, 0) is 0 Å². The van der Waals surface area contributed by atoms with Gasteiger partial charge in [0.1, 0.15) is 0 Å². The molecule has 1 aliphatic carbocycles. The van der Waals surface area contributed by atoms with Gasteiger partial charge in [-0.05, 0) is 49.9 Å². The molecule has 1 saturated carbocycles. The van der Waals surface area contributed by atoms with Gasteiger partial charge in [0, 0.05) is 0 Å². The van der Waals surface area contributed by atoms with Crippen LogP contribution >= 0.6 is 0 Å². The summed E-state index contributed by atoms with van der Waals surface area (Å²) in [5.41, 5.74) is 0.589. The normalized spacial score (nSPS) is 30.4. The molecular formula is C15H32N+. The van der Waals surface area contributed by atoms with Gasteiger partial charge in [-0.1, -0.05) is 20.8 Å². The van der Waals surface area contributed by atoms with Gasteiger partial charge in [0.25, 0.3) is 0 Å². The van der Waals surface area contributed by atoms with Crippen molar-refractivity contribution in [1.82, 2.24) is 0 Å². The van der Waals surface area contributed by atoms with E-state index < -0.39 is 0 Å². The number of rotatable bonds is 4. The Morgan fingerprint density at radius 1 is 1.19 bits per heavy atom. The molecule has 0 amide bonds. The summed E-state index contributed by atoms with van der Waals surface area (Å²) in [6.45, 7) is 12.3. The lowest BCUT2D eigenvalue weighted by Gasteiger charge is -2.40. The van der Waals surface area contributed by atoms with Crippen LogP contribution in [0, 0.1) is 17.3 Å². The van der Waals surface area contributed by atoms with E-state index >= 15 is 0 Å². The molecule has 0 spiro atoms. The predicted molar refractivity (Wildman–Crippen MR) is 72.4 cm³/mol. The van der Waals surface area contributed by atoms with Crippen LogP contribution in [0.4, 0.5) is 0 Å². The minimum atomic E-state index is 0.589. The molecule has 1 aliphatic rings. The summed E-state index contributed by atoms with van der Waals surface area (Å²) >= 11 is 0. The third-order valence-corrected chi connectivity index (χ3v) is 4.48. The Hall–Kier alpha value is -0.0400. The molecule has 0 aliphatic heterocycles. The van der Waals surface area contributed by atoms with Gasteiger partial charge in [0.2, 0.25) is 0 Å². The van der Waals surface area contributed by atoms with E-state index in [2.05, 4.69) is 41.8 Å². The van der Waals surface area contributed by atoms with E-state index in [0.29, 0.717) is 5.41 Å². The summed E-state index contributed by atoms with van der Waals surface area (Å²) in [7, 11) is 4.72. The third-order valence-electron chi connectivity index (χ3n) is 4.48. The van der Waals surface area contributed by atoms with E-state index in [1.165, 1.54) is 43.3 Å². The maximum absolute atomic E-state index is 2.45. The fourth-order valence-corrected chi connectivity index (χ4v) is 3.45. The number of nitrogens with zero attached hydrogens (tertiary/aromatic N) is 1. The zero-order valence-corrected chi connectivity index (χ0v) is 12.3. The summed E-state index contributed by atoms with van der Waals surface area (Å²) in [4.78, 5) is 0. The van der Waals surface area contributed by atoms with E-state index in [9.17, 15) is 0 Å². The van der Waals surface area contributed by atoms with E-state index in [-0.39, 0.29) is 0 Å². The van der Waals surface area contributed by atoms with Crippen LogP contribution in [0.25, 0.3) is 0 Å². The van der Waals surface area contributed by atoms with Gasteiger partial charge in [-0.3, -0.25) is 0 Å². The monoisotopic (exact) mass is 226 g/mol. The molecule has 1 rings (SSSR count). The first-order valence-corrected chi connectivity index (χ1v) is 7.06. The molecule has 0 aromatic rings. The topological polar surface area (TPSA) is 0 Å². The highest BCUT2D eigenvalue weighted by molar-refractivity contribution is 4.82. The van der Waals surface area contributed by atoms with Gasteiger partial charge in [-0.25, -0.2) is 0 Å². The summed E-state index contributed by atoms with van der Waals surface area (Å²) in [5.74, 6) is 1.91. The summed E-state index contributed by atoms with van der Waals surface area (Å²) in [6.07, 6.45) is 5.76. The second-order valence-corrected chi connectivity index (χ2v) is 7.54. The smallest absolute Gasteiger partial charge is 0.0785 e. The maximum atomic E-state index is 2.45. The van der Waals surface area contributed by atoms with Gasteiger partial charge in [0.15, 0.2) is 0 Å². The quantitative estimate of drug-likeness (QED) is 0.637. The molecule has 96 valence electrons. The van der Waals surface area contributed by atoms with Crippen molar-refractivity contribution < 1.29 is 4.48 Å². The molecule has 16 heavy (non-hydrogen) atoms. The molecule has 1 nitrogen and oxygen atoms in total. The Morgan fingerprint density at radius 3 is 2.31 bits per heavy atom. The first-order valence-electron chi connectivity index (χ1n) is 7.06. The van der Waals surface area contributed by atoms with Crippen molar-refractivity contribution in [2.45, 2.75) is 53.4 Å². The van der Waals surface area contributed by atoms with Crippen molar-refractivity contribution in [1.29, 1.82) is 0 Å². The number of hydrogen-bond donors (Lipinski definition) is 0. The molecule has 1 fully saturated rings. The minimum Gasteiger partial charge on any atom is -0.329 e. The molecule has 0 bridgehead atoms. The Labute approximate surface area is 103 Å². The van der Waals surface area contributed by atoms with Crippen LogP contribution in [0.15, 0.2) is 0 Å². The molecule has 0 radical (unpaired) electrons. The Bertz CT molecular complexity index is 217. The maximum Gasteiger partial charge on any atom is 0.0785 e. The zero-order chi connectivity index (χ0) is 12.4. The highest BCUT2D eigenvalue weighted by Gasteiger charge is 2.32. The second-order valence-electron chi connectivity index (χ2n) is 7.54. The molecule has 0 saturated heterocycles. The molecule has 0 N–H and O–H groups in total. The molecule has 0 aromatic heterocycles. The second kappa shape index (κ2) is 5.08. The molecule has 2 unspecified atom stereocenters. The number of hydrogen-bond acceptors (Lipinski definition) is 0. The molecule has 1 heteroatoms. The van der Waals surface area contributed by atoms with Crippen molar-refractivity contribution in [2.75, 3.05) is 27.2 Å². The molecule has 0 heterocycles. The lowest BCUT2D eigenvalue weighted by molar-refractivity contribution is -0.889. The lowest BCUT2D eigenvalue weighted by atomic mass is 9.67. The Morgan fingerprint density at radius 2 is 1.81 bits per heavy atom. The largest absolute Gasteiger partial charge is 0.329 e. The summed E-state index contributed by atoms with van der Waals surface area (Å²) in [6, 6.07) is 0. The van der Waals surface area contributed by atoms with E-state index in [0.717, 1.165) is 11.8 Å². The van der Waals surface area contributed by atoms with Crippen molar-refractivity contribution in [3.8, 4) is 0 Å². The van der Waals surface area contributed by atoms with Crippen molar-refractivity contribution >= 4 is 0 Å². The first kappa shape index (κ1) is 14.0. The summed E-state index contributed by atoms with van der Waals surface area (Å²) < 4.78 is 1.19. The van der Waals surface area contributed by atoms with Crippen LogP contribution in [0.1, 0.15) is 53.4 Å². The van der Waals surface area contributed by atoms with Gasteiger partial charge >= 0.3 is 0 Å². The van der Waals surface area contributed by atoms with E-state index in [1.54, 1.807) is 0 Å². The molecule has 2 atom stereocenters. The average Bonchev–Trinajstić information content (AvgIpc) is 2.12. The van der Waals surface area contributed by atoms with Gasteiger partial charge in [0.05, 0.1) is 27.2 Å². The fraction of sp³-hybridized carbons (Fsp3) is 1.00. The van der Waals surface area contributed by atoms with Gasteiger partial charge < -0.3 is 4.48 Å². The van der Waals surface area contributed by atoms with Gasteiger partial charge in [-0.2, -0.15) is 0 Å². The highest BCUT2D eigenvalue weighted by Crippen LogP contribution is 2.42. The Kier molecular flexibility index (Phi) is 4.45. The minimum absolute atomic E-state index is 0.589. The number of quaternary nitrogens is 1. The Balaban J connectivity index is 2.43. The van der Waals surface area contributed by atoms with Crippen LogP contribution in [-0.4, -0.2) is 31.7 Å². The van der Waals surface area contributed by atoms with Crippen LogP contribution in [0.5, 0.6) is 0 Å². The standard InChI is InChI=1S/C15H32N/c1-7-16(5,6)9-8-14-10-13(2)11-15(3,4)12-14/h13-14H,7-12H2,1-6H3/q+1.